The highest BCUT2D eigenvalue weighted by Gasteiger charge is 2.38. The summed E-state index contributed by atoms with van der Waals surface area (Å²) < 4.78 is 0. The number of pyridine rings is 1. The lowest BCUT2D eigenvalue weighted by molar-refractivity contribution is -0.129. The molecule has 150 valence electrons. The van der Waals surface area contributed by atoms with E-state index in [1.165, 1.54) is 0 Å². The van der Waals surface area contributed by atoms with Crippen molar-refractivity contribution in [2.24, 2.45) is 5.10 Å². The SMILES string of the molecule is C[C@@H]1[C@@H](C)N(C(=O)c2ccc3ccccc3n2)CCN1C(=O)C1=NNC(=O)CC1. The highest BCUT2D eigenvalue weighted by Crippen LogP contribution is 2.21. The van der Waals surface area contributed by atoms with E-state index in [1.54, 1.807) is 15.9 Å². The third-order valence-corrected chi connectivity index (χ3v) is 5.75. The van der Waals surface area contributed by atoms with Crippen LogP contribution in [0.5, 0.6) is 0 Å². The average molecular weight is 393 g/mol. The van der Waals surface area contributed by atoms with Crippen LogP contribution in [0.4, 0.5) is 0 Å². The van der Waals surface area contributed by atoms with E-state index in [2.05, 4.69) is 15.5 Å². The van der Waals surface area contributed by atoms with E-state index in [0.29, 0.717) is 30.9 Å². The molecule has 0 bridgehead atoms. The van der Waals surface area contributed by atoms with Gasteiger partial charge in [-0.05, 0) is 26.0 Å². The Morgan fingerprint density at radius 1 is 0.966 bits per heavy atom. The molecule has 3 amide bonds. The zero-order chi connectivity index (χ0) is 20.5. The van der Waals surface area contributed by atoms with Crippen LogP contribution in [0.25, 0.3) is 10.9 Å². The minimum Gasteiger partial charge on any atom is -0.331 e. The number of carbonyl (C=O) groups is 3. The first-order valence-electron chi connectivity index (χ1n) is 9.79. The fourth-order valence-corrected chi connectivity index (χ4v) is 3.84. The van der Waals surface area contributed by atoms with Crippen molar-refractivity contribution in [3.63, 3.8) is 0 Å². The molecule has 0 unspecified atom stereocenters. The first-order chi connectivity index (χ1) is 14.0. The standard InChI is InChI=1S/C21H23N5O3/c1-13-14(2)26(21(29)18-9-10-19(27)24-23-18)12-11-25(13)20(28)17-8-7-15-5-3-4-6-16(15)22-17/h3-8,13-14H,9-12H2,1-2H3,(H,24,27)/t13-,14-/m1/s1. The van der Waals surface area contributed by atoms with Crippen LogP contribution in [0, 0.1) is 0 Å². The number of rotatable bonds is 2. The number of para-hydroxylation sites is 1. The first-order valence-corrected chi connectivity index (χ1v) is 9.79. The van der Waals surface area contributed by atoms with Crippen molar-refractivity contribution < 1.29 is 14.4 Å². The van der Waals surface area contributed by atoms with Gasteiger partial charge in [0, 0.05) is 43.4 Å². The second kappa shape index (κ2) is 7.62. The molecule has 2 aliphatic rings. The van der Waals surface area contributed by atoms with Crippen molar-refractivity contribution in [2.75, 3.05) is 13.1 Å². The zero-order valence-corrected chi connectivity index (χ0v) is 16.5. The van der Waals surface area contributed by atoms with Gasteiger partial charge in [-0.2, -0.15) is 5.10 Å². The molecule has 4 rings (SSSR count). The van der Waals surface area contributed by atoms with Gasteiger partial charge in [-0.1, -0.05) is 24.3 Å². The van der Waals surface area contributed by atoms with E-state index < -0.39 is 0 Å². The van der Waals surface area contributed by atoms with Crippen LogP contribution in [-0.2, 0) is 9.59 Å². The molecule has 1 N–H and O–H groups in total. The number of hydrazone groups is 1. The number of amides is 3. The van der Waals surface area contributed by atoms with E-state index in [0.717, 1.165) is 10.9 Å². The lowest BCUT2D eigenvalue weighted by atomic mass is 10.0. The summed E-state index contributed by atoms with van der Waals surface area (Å²) in [6, 6.07) is 11.0. The van der Waals surface area contributed by atoms with E-state index >= 15 is 0 Å². The minimum absolute atomic E-state index is 0.135. The molecule has 2 aromatic rings. The highest BCUT2D eigenvalue weighted by molar-refractivity contribution is 6.39. The van der Waals surface area contributed by atoms with Gasteiger partial charge in [0.2, 0.25) is 5.91 Å². The Balaban J connectivity index is 1.50. The van der Waals surface area contributed by atoms with E-state index in [9.17, 15) is 14.4 Å². The van der Waals surface area contributed by atoms with Gasteiger partial charge in [-0.3, -0.25) is 14.4 Å². The molecule has 1 fully saturated rings. The molecule has 1 saturated heterocycles. The second-order valence-electron chi connectivity index (χ2n) is 7.46. The number of fused-ring (bicyclic) bond motifs is 1. The van der Waals surface area contributed by atoms with Crippen LogP contribution >= 0.6 is 0 Å². The van der Waals surface area contributed by atoms with Gasteiger partial charge in [-0.15, -0.1) is 0 Å². The number of piperazine rings is 1. The van der Waals surface area contributed by atoms with Crippen LogP contribution in [0.1, 0.15) is 37.2 Å². The fraction of sp³-hybridized carbons (Fsp3) is 0.381. The molecular formula is C21H23N5O3. The summed E-state index contributed by atoms with van der Waals surface area (Å²) in [6.45, 7) is 4.70. The molecule has 1 aromatic carbocycles. The Morgan fingerprint density at radius 3 is 2.34 bits per heavy atom. The largest absolute Gasteiger partial charge is 0.331 e. The summed E-state index contributed by atoms with van der Waals surface area (Å²) in [7, 11) is 0. The first kappa shape index (κ1) is 19.0. The Kier molecular flexibility index (Phi) is 5.00. The van der Waals surface area contributed by atoms with Crippen molar-refractivity contribution in [2.45, 2.75) is 38.8 Å². The highest BCUT2D eigenvalue weighted by atomic mass is 16.2. The molecule has 2 aliphatic heterocycles. The van der Waals surface area contributed by atoms with E-state index in [1.807, 2.05) is 44.2 Å². The van der Waals surface area contributed by atoms with Gasteiger partial charge in [0.05, 0.1) is 5.52 Å². The van der Waals surface area contributed by atoms with Crippen molar-refractivity contribution in [1.29, 1.82) is 0 Å². The van der Waals surface area contributed by atoms with Gasteiger partial charge in [0.1, 0.15) is 11.4 Å². The van der Waals surface area contributed by atoms with Gasteiger partial charge in [0.25, 0.3) is 11.8 Å². The number of carbonyl (C=O) groups excluding carboxylic acids is 3. The summed E-state index contributed by atoms with van der Waals surface area (Å²) in [5, 5.41) is 4.90. The van der Waals surface area contributed by atoms with Crippen molar-refractivity contribution >= 4 is 34.3 Å². The summed E-state index contributed by atoms with van der Waals surface area (Å²) >= 11 is 0. The van der Waals surface area contributed by atoms with E-state index in [4.69, 9.17) is 0 Å². The summed E-state index contributed by atoms with van der Waals surface area (Å²) in [4.78, 5) is 45.2. The average Bonchev–Trinajstić information content (AvgIpc) is 2.75. The lowest BCUT2D eigenvalue weighted by Gasteiger charge is -2.45. The molecular weight excluding hydrogens is 370 g/mol. The summed E-state index contributed by atoms with van der Waals surface area (Å²) in [5.41, 5.74) is 3.92. The van der Waals surface area contributed by atoms with E-state index in [-0.39, 0.29) is 36.2 Å². The Morgan fingerprint density at radius 2 is 1.66 bits per heavy atom. The molecule has 8 heteroatoms. The molecule has 2 atom stereocenters. The van der Waals surface area contributed by atoms with Gasteiger partial charge in [0.15, 0.2) is 0 Å². The number of hydrogen-bond donors (Lipinski definition) is 1. The number of aromatic nitrogens is 1. The quantitative estimate of drug-likeness (QED) is 0.838. The maximum atomic E-state index is 13.1. The van der Waals surface area contributed by atoms with Crippen LogP contribution in [0.15, 0.2) is 41.5 Å². The molecule has 0 spiro atoms. The third kappa shape index (κ3) is 3.57. The van der Waals surface area contributed by atoms with Crippen molar-refractivity contribution in [3.05, 3.63) is 42.1 Å². The molecule has 0 saturated carbocycles. The molecule has 0 aliphatic carbocycles. The number of nitrogens with zero attached hydrogens (tertiary/aromatic N) is 4. The van der Waals surface area contributed by atoms with Crippen LogP contribution < -0.4 is 5.43 Å². The Bertz CT molecular complexity index is 1020. The smallest absolute Gasteiger partial charge is 0.272 e. The van der Waals surface area contributed by atoms with Gasteiger partial charge in [-0.25, -0.2) is 10.4 Å². The second-order valence-corrected chi connectivity index (χ2v) is 7.46. The van der Waals surface area contributed by atoms with Crippen LogP contribution in [0.3, 0.4) is 0 Å². The Hall–Kier alpha value is -3.29. The molecule has 29 heavy (non-hydrogen) atoms. The van der Waals surface area contributed by atoms with Gasteiger partial charge >= 0.3 is 0 Å². The minimum atomic E-state index is -0.180. The normalized spacial score (nSPS) is 22.3. The third-order valence-electron chi connectivity index (χ3n) is 5.75. The fourth-order valence-electron chi connectivity index (χ4n) is 3.84. The number of hydrogen-bond acceptors (Lipinski definition) is 5. The maximum Gasteiger partial charge on any atom is 0.272 e. The molecule has 0 radical (unpaired) electrons. The summed E-state index contributed by atoms with van der Waals surface area (Å²) in [6.07, 6.45) is 0.604. The number of nitrogens with one attached hydrogen (secondary N) is 1. The number of benzene rings is 1. The van der Waals surface area contributed by atoms with Gasteiger partial charge < -0.3 is 9.80 Å². The molecule has 8 nitrogen and oxygen atoms in total. The van der Waals surface area contributed by atoms with Crippen LogP contribution in [0.2, 0.25) is 0 Å². The molecule has 3 heterocycles. The zero-order valence-electron chi connectivity index (χ0n) is 16.5. The predicted octanol–water partition coefficient (Wildman–Crippen LogP) is 1.56. The lowest BCUT2D eigenvalue weighted by Crippen LogP contribution is -2.61. The van der Waals surface area contributed by atoms with Crippen molar-refractivity contribution in [3.8, 4) is 0 Å². The monoisotopic (exact) mass is 393 g/mol. The van der Waals surface area contributed by atoms with Crippen molar-refractivity contribution in [1.82, 2.24) is 20.2 Å². The Labute approximate surface area is 168 Å². The molecule has 1 aromatic heterocycles. The van der Waals surface area contributed by atoms with Crippen LogP contribution in [-0.4, -0.2) is 63.4 Å². The summed E-state index contributed by atoms with van der Waals surface area (Å²) in [5.74, 6) is -0.494. The maximum absolute atomic E-state index is 13.1. The predicted molar refractivity (Wildman–Crippen MR) is 108 cm³/mol. The topological polar surface area (TPSA) is 95.0 Å².